The van der Waals surface area contributed by atoms with E-state index in [0.717, 1.165) is 23.2 Å². The number of H-pyrrole nitrogens is 1. The fourth-order valence-electron chi connectivity index (χ4n) is 4.13. The zero-order chi connectivity index (χ0) is 25.8. The van der Waals surface area contributed by atoms with Gasteiger partial charge in [0.2, 0.25) is 0 Å². The van der Waals surface area contributed by atoms with E-state index in [1.807, 2.05) is 79.9 Å². The number of amidine groups is 1. The molecule has 1 aliphatic rings. The van der Waals surface area contributed by atoms with Crippen molar-refractivity contribution < 1.29 is 9.53 Å². The average Bonchev–Trinajstić information content (AvgIpc) is 3.45. The van der Waals surface area contributed by atoms with Crippen LogP contribution in [0.2, 0.25) is 5.02 Å². The van der Waals surface area contributed by atoms with Gasteiger partial charge < -0.3 is 9.72 Å². The number of ether oxygens (including phenoxy) is 1. The third-order valence-electron chi connectivity index (χ3n) is 6.31. The van der Waals surface area contributed by atoms with Crippen LogP contribution in [0.15, 0.2) is 88.9 Å². The van der Waals surface area contributed by atoms with Crippen molar-refractivity contribution in [2.24, 2.45) is 4.99 Å². The smallest absolute Gasteiger partial charge is 0.266 e. The molecule has 0 spiro atoms. The molecule has 1 amide bonds. The van der Waals surface area contributed by atoms with E-state index in [-0.39, 0.29) is 12.0 Å². The topological polar surface area (TPSA) is 57.7 Å². The Labute approximate surface area is 226 Å². The number of carbonyl (C=O) groups is 1. The van der Waals surface area contributed by atoms with Gasteiger partial charge in [-0.1, -0.05) is 61.0 Å². The number of amides is 1. The predicted molar refractivity (Wildman–Crippen MR) is 155 cm³/mol. The Morgan fingerprint density at radius 3 is 2.68 bits per heavy atom. The molecule has 1 N–H and O–H groups in total. The van der Waals surface area contributed by atoms with E-state index >= 15 is 0 Å². The third kappa shape index (κ3) is 5.76. The van der Waals surface area contributed by atoms with E-state index < -0.39 is 0 Å². The molecule has 5 rings (SSSR count). The minimum Gasteiger partial charge on any atom is -0.489 e. The largest absolute Gasteiger partial charge is 0.489 e. The number of aromatic nitrogens is 1. The maximum absolute atomic E-state index is 13.6. The molecule has 3 aromatic carbocycles. The van der Waals surface area contributed by atoms with Gasteiger partial charge in [-0.3, -0.25) is 9.69 Å². The Morgan fingerprint density at radius 2 is 1.89 bits per heavy atom. The van der Waals surface area contributed by atoms with E-state index in [0.29, 0.717) is 33.8 Å². The Kier molecular flexibility index (Phi) is 7.68. The first-order valence-corrected chi connectivity index (χ1v) is 13.6. The second-order valence-corrected chi connectivity index (χ2v) is 10.3. The number of halogens is 1. The number of carbonyl (C=O) groups excluding carboxylic acids is 1. The lowest BCUT2D eigenvalue weighted by Gasteiger charge is -2.15. The van der Waals surface area contributed by atoms with Crippen molar-refractivity contribution in [2.45, 2.75) is 32.8 Å². The van der Waals surface area contributed by atoms with Crippen molar-refractivity contribution in [1.29, 1.82) is 0 Å². The zero-order valence-corrected chi connectivity index (χ0v) is 22.4. The molecule has 37 heavy (non-hydrogen) atoms. The van der Waals surface area contributed by atoms with Crippen molar-refractivity contribution in [3.05, 3.63) is 100 Å². The lowest BCUT2D eigenvalue weighted by molar-refractivity contribution is -0.122. The molecule has 0 radical (unpaired) electrons. The normalized spacial score (nSPS) is 16.7. The summed E-state index contributed by atoms with van der Waals surface area (Å²) in [6, 6.07) is 23.5. The molecule has 7 heteroatoms. The molecule has 0 unspecified atom stereocenters. The van der Waals surface area contributed by atoms with Crippen LogP contribution in [0.25, 0.3) is 17.0 Å². The number of thioether (sulfide) groups is 1. The maximum atomic E-state index is 13.6. The fourth-order valence-corrected chi connectivity index (χ4v) is 5.38. The first-order chi connectivity index (χ1) is 18.0. The number of nitrogens with zero attached hydrogens (tertiary/aromatic N) is 2. The quantitative estimate of drug-likeness (QED) is 0.236. The Balaban J connectivity index is 1.41. The molecule has 4 aromatic rings. The minimum absolute atomic E-state index is 0.0597. The second kappa shape index (κ2) is 11.3. The number of hydrogen-bond donors (Lipinski definition) is 1. The molecule has 5 nitrogen and oxygen atoms in total. The van der Waals surface area contributed by atoms with Gasteiger partial charge in [0.25, 0.3) is 5.91 Å². The van der Waals surface area contributed by atoms with E-state index in [9.17, 15) is 4.79 Å². The van der Waals surface area contributed by atoms with Crippen LogP contribution in [-0.2, 0) is 11.2 Å². The molecule has 0 bridgehead atoms. The van der Waals surface area contributed by atoms with Gasteiger partial charge in [0, 0.05) is 23.6 Å². The summed E-state index contributed by atoms with van der Waals surface area (Å²) < 4.78 is 5.88. The van der Waals surface area contributed by atoms with Gasteiger partial charge in [0.05, 0.1) is 21.7 Å². The maximum Gasteiger partial charge on any atom is 0.266 e. The average molecular weight is 530 g/mol. The van der Waals surface area contributed by atoms with Crippen molar-refractivity contribution in [3.63, 3.8) is 0 Å². The van der Waals surface area contributed by atoms with Gasteiger partial charge >= 0.3 is 0 Å². The highest BCUT2D eigenvalue weighted by Crippen LogP contribution is 2.36. The lowest BCUT2D eigenvalue weighted by Crippen LogP contribution is -2.31. The molecule has 1 aromatic heterocycles. The summed E-state index contributed by atoms with van der Waals surface area (Å²) >= 11 is 7.88. The predicted octanol–water partition coefficient (Wildman–Crippen LogP) is 7.85. The van der Waals surface area contributed by atoms with Crippen molar-refractivity contribution in [3.8, 4) is 5.75 Å². The van der Waals surface area contributed by atoms with Gasteiger partial charge in [0.15, 0.2) is 5.17 Å². The van der Waals surface area contributed by atoms with Crippen LogP contribution in [-0.4, -0.2) is 33.6 Å². The SMILES string of the molecule is CC[C@@H](C)Oc1ccc(/C=C2\SC(=Nc3ccccc3)N(CCc3c[nH]c4ccccc34)C2=O)cc1Cl. The second-order valence-electron chi connectivity index (χ2n) is 8.93. The van der Waals surface area contributed by atoms with Crippen LogP contribution in [0.5, 0.6) is 5.75 Å². The summed E-state index contributed by atoms with van der Waals surface area (Å²) in [6.45, 7) is 4.61. The highest BCUT2D eigenvalue weighted by Gasteiger charge is 2.33. The van der Waals surface area contributed by atoms with Crippen molar-refractivity contribution in [2.75, 3.05) is 6.54 Å². The van der Waals surface area contributed by atoms with Gasteiger partial charge in [0.1, 0.15) is 5.75 Å². The molecule has 2 heterocycles. The van der Waals surface area contributed by atoms with Gasteiger partial charge in [-0.15, -0.1) is 0 Å². The van der Waals surface area contributed by atoms with E-state index in [1.165, 1.54) is 22.7 Å². The number of rotatable bonds is 8. The molecular formula is C30H28ClN3O2S. The van der Waals surface area contributed by atoms with E-state index in [1.54, 1.807) is 4.90 Å². The van der Waals surface area contributed by atoms with Crippen LogP contribution in [0, 0.1) is 0 Å². The summed E-state index contributed by atoms with van der Waals surface area (Å²) in [4.78, 5) is 24.1. The fraction of sp³-hybridized carbons (Fsp3) is 0.200. The van der Waals surface area contributed by atoms with Crippen LogP contribution >= 0.6 is 23.4 Å². The van der Waals surface area contributed by atoms with E-state index in [4.69, 9.17) is 21.3 Å². The summed E-state index contributed by atoms with van der Waals surface area (Å²) in [5.74, 6) is 0.589. The summed E-state index contributed by atoms with van der Waals surface area (Å²) in [6.07, 6.45) is 5.58. The van der Waals surface area contributed by atoms with Crippen LogP contribution in [0.3, 0.4) is 0 Å². The molecule has 188 valence electrons. The Hall–Kier alpha value is -3.48. The van der Waals surface area contributed by atoms with Gasteiger partial charge in [-0.2, -0.15) is 0 Å². The molecule has 1 saturated heterocycles. The third-order valence-corrected chi connectivity index (χ3v) is 7.61. The summed E-state index contributed by atoms with van der Waals surface area (Å²) in [7, 11) is 0. The number of hydrogen-bond acceptors (Lipinski definition) is 4. The summed E-state index contributed by atoms with van der Waals surface area (Å²) in [5, 5.41) is 2.37. The highest BCUT2D eigenvalue weighted by atomic mass is 35.5. The number of nitrogens with one attached hydrogen (secondary N) is 1. The summed E-state index contributed by atoms with van der Waals surface area (Å²) in [5.41, 5.74) is 3.92. The standard InChI is InChI=1S/C30H28ClN3O2S/c1-3-20(2)36-27-14-13-21(17-25(27)31)18-28-29(35)34(30(37-28)33-23-9-5-4-6-10-23)16-15-22-19-32-26-12-8-7-11-24(22)26/h4-14,17-20,32H,3,15-16H2,1-2H3/b28-18-,33-30?/t20-/m1/s1. The first-order valence-electron chi connectivity index (χ1n) is 12.4. The molecule has 0 saturated carbocycles. The van der Waals surface area contributed by atoms with Crippen LogP contribution < -0.4 is 4.74 Å². The zero-order valence-electron chi connectivity index (χ0n) is 20.8. The van der Waals surface area contributed by atoms with Crippen LogP contribution in [0.4, 0.5) is 5.69 Å². The van der Waals surface area contributed by atoms with Crippen molar-refractivity contribution in [1.82, 2.24) is 9.88 Å². The highest BCUT2D eigenvalue weighted by molar-refractivity contribution is 8.18. The monoisotopic (exact) mass is 529 g/mol. The number of benzene rings is 3. The number of para-hydroxylation sites is 2. The number of aliphatic imine (C=N–C) groups is 1. The van der Waals surface area contributed by atoms with Gasteiger partial charge in [-0.25, -0.2) is 4.99 Å². The molecule has 1 atom stereocenters. The molecule has 0 aliphatic carbocycles. The van der Waals surface area contributed by atoms with Crippen molar-refractivity contribution >= 4 is 57.1 Å². The van der Waals surface area contributed by atoms with Gasteiger partial charge in [-0.05, 0) is 79.1 Å². The Bertz CT molecular complexity index is 1480. The molecular weight excluding hydrogens is 502 g/mol. The molecule has 1 fully saturated rings. The Morgan fingerprint density at radius 1 is 1.11 bits per heavy atom. The van der Waals surface area contributed by atoms with E-state index in [2.05, 4.69) is 24.0 Å². The number of aromatic amines is 1. The minimum atomic E-state index is -0.0597. The number of fused-ring (bicyclic) bond motifs is 1. The lowest BCUT2D eigenvalue weighted by atomic mass is 10.1. The van der Waals surface area contributed by atoms with Crippen LogP contribution in [0.1, 0.15) is 31.4 Å². The first kappa shape index (κ1) is 25.2. The molecule has 1 aliphatic heterocycles.